The van der Waals surface area contributed by atoms with Crippen molar-refractivity contribution in [3.8, 4) is 0 Å². The molecule has 0 spiro atoms. The minimum Gasteiger partial charge on any atom is -0.398 e. The zero-order valence-corrected chi connectivity index (χ0v) is 6.90. The Labute approximate surface area is 64.4 Å². The smallest absolute Gasteiger partial charge is 0.0901 e. The first-order chi connectivity index (χ1) is 4.74. The first-order valence-corrected chi connectivity index (χ1v) is 3.90. The van der Waals surface area contributed by atoms with E-state index in [-0.39, 0.29) is 0 Å². The van der Waals surface area contributed by atoms with Crippen molar-refractivity contribution in [1.29, 1.82) is 0 Å². The van der Waals surface area contributed by atoms with Crippen LogP contribution in [-0.2, 0) is 0 Å². The van der Waals surface area contributed by atoms with Gasteiger partial charge in [0.25, 0.3) is 0 Å². The maximum absolute atomic E-state index is 5.64. The Morgan fingerprint density at radius 2 is 2.50 bits per heavy atom. The molecule has 0 aliphatic carbocycles. The van der Waals surface area contributed by atoms with Crippen molar-refractivity contribution < 1.29 is 0 Å². The molecular weight excluding hydrogens is 144 g/mol. The third kappa shape index (κ3) is 1.36. The second-order valence-electron chi connectivity index (χ2n) is 1.99. The van der Waals surface area contributed by atoms with E-state index in [4.69, 9.17) is 5.73 Å². The number of nitrogens with zero attached hydrogens (tertiary/aromatic N) is 1. The van der Waals surface area contributed by atoms with Gasteiger partial charge < -0.3 is 5.73 Å². The van der Waals surface area contributed by atoms with Crippen LogP contribution in [0.1, 0.15) is 16.8 Å². The lowest BCUT2D eigenvalue weighted by molar-refractivity contribution is 1.29. The molecule has 0 aromatic carbocycles. The number of hydrogen-bond acceptors (Lipinski definition) is 3. The lowest BCUT2D eigenvalue weighted by Crippen LogP contribution is -1.91. The van der Waals surface area contributed by atoms with Gasteiger partial charge in [-0.1, -0.05) is 6.08 Å². The molecule has 0 bridgehead atoms. The van der Waals surface area contributed by atoms with Gasteiger partial charge in [-0.3, -0.25) is 0 Å². The van der Waals surface area contributed by atoms with Crippen molar-refractivity contribution in [1.82, 2.24) is 4.98 Å². The maximum Gasteiger partial charge on any atom is 0.0901 e. The van der Waals surface area contributed by atoms with Crippen LogP contribution in [0.25, 0.3) is 5.70 Å². The van der Waals surface area contributed by atoms with Crippen molar-refractivity contribution in [2.24, 2.45) is 5.73 Å². The summed E-state index contributed by atoms with van der Waals surface area (Å²) in [5, 5.41) is 1.06. The molecule has 0 saturated carbocycles. The van der Waals surface area contributed by atoms with E-state index in [1.807, 2.05) is 19.9 Å². The fourth-order valence-electron chi connectivity index (χ4n) is 0.637. The Balaban J connectivity index is 2.95. The van der Waals surface area contributed by atoms with Crippen molar-refractivity contribution in [2.45, 2.75) is 13.8 Å². The Morgan fingerprint density at radius 3 is 2.90 bits per heavy atom. The van der Waals surface area contributed by atoms with E-state index in [0.717, 1.165) is 15.6 Å². The number of hydrogen-bond donors (Lipinski definition) is 1. The average Bonchev–Trinajstić information content (AvgIpc) is 2.34. The number of aryl methyl sites for hydroxylation is 1. The van der Waals surface area contributed by atoms with Crippen LogP contribution in [0.5, 0.6) is 0 Å². The quantitative estimate of drug-likeness (QED) is 0.669. The molecule has 0 aliphatic heterocycles. The highest BCUT2D eigenvalue weighted by atomic mass is 32.1. The molecule has 1 aromatic heterocycles. The van der Waals surface area contributed by atoms with Gasteiger partial charge in [-0.05, 0) is 13.8 Å². The zero-order valence-electron chi connectivity index (χ0n) is 6.09. The van der Waals surface area contributed by atoms with Gasteiger partial charge >= 0.3 is 0 Å². The maximum atomic E-state index is 5.64. The van der Waals surface area contributed by atoms with Crippen molar-refractivity contribution in [3.05, 3.63) is 22.2 Å². The van der Waals surface area contributed by atoms with E-state index in [0.29, 0.717) is 0 Å². The monoisotopic (exact) mass is 154 g/mol. The Morgan fingerprint density at radius 1 is 1.80 bits per heavy atom. The number of nitrogens with two attached hydrogens (primary N) is 1. The van der Waals surface area contributed by atoms with Gasteiger partial charge in [-0.2, -0.15) is 0 Å². The standard InChI is InChI=1S/C7H10N2S/c1-3-6(8)7-4-9-5(2)10-7/h3-4H,8H2,1-2H3/b6-3+. The highest BCUT2D eigenvalue weighted by Crippen LogP contribution is 2.16. The molecule has 3 heteroatoms. The predicted octanol–water partition coefficient (Wildman–Crippen LogP) is 1.77. The summed E-state index contributed by atoms with van der Waals surface area (Å²) in [6.07, 6.45) is 3.68. The lowest BCUT2D eigenvalue weighted by atomic mass is 10.4. The molecule has 1 rings (SSSR count). The van der Waals surface area contributed by atoms with Crippen molar-refractivity contribution in [2.75, 3.05) is 0 Å². The number of allylic oxidation sites excluding steroid dienone is 1. The van der Waals surface area contributed by atoms with Crippen LogP contribution in [0.2, 0.25) is 0 Å². The fraction of sp³-hybridized carbons (Fsp3) is 0.286. The van der Waals surface area contributed by atoms with Crippen LogP contribution in [0.3, 0.4) is 0 Å². The van der Waals surface area contributed by atoms with Gasteiger partial charge in [0.05, 0.1) is 9.88 Å². The molecule has 10 heavy (non-hydrogen) atoms. The van der Waals surface area contributed by atoms with E-state index in [2.05, 4.69) is 4.98 Å². The molecule has 0 atom stereocenters. The van der Waals surface area contributed by atoms with Gasteiger partial charge in [0.2, 0.25) is 0 Å². The topological polar surface area (TPSA) is 38.9 Å². The summed E-state index contributed by atoms with van der Waals surface area (Å²) in [6, 6.07) is 0. The molecule has 54 valence electrons. The summed E-state index contributed by atoms with van der Waals surface area (Å²) in [5.41, 5.74) is 6.45. The highest BCUT2D eigenvalue weighted by Gasteiger charge is 1.97. The average molecular weight is 154 g/mol. The molecule has 2 N–H and O–H groups in total. The normalized spacial score (nSPS) is 12.0. The molecule has 0 unspecified atom stereocenters. The predicted molar refractivity (Wildman–Crippen MR) is 44.7 cm³/mol. The fourth-order valence-corrected chi connectivity index (χ4v) is 1.40. The van der Waals surface area contributed by atoms with Gasteiger partial charge in [0.15, 0.2) is 0 Å². The summed E-state index contributed by atoms with van der Waals surface area (Å²) >= 11 is 1.62. The second kappa shape index (κ2) is 2.84. The Kier molecular flexibility index (Phi) is 2.06. The van der Waals surface area contributed by atoms with Crippen LogP contribution in [0.15, 0.2) is 12.3 Å². The highest BCUT2D eigenvalue weighted by molar-refractivity contribution is 7.12. The third-order valence-electron chi connectivity index (χ3n) is 1.22. The second-order valence-corrected chi connectivity index (χ2v) is 3.22. The van der Waals surface area contributed by atoms with Gasteiger partial charge in [0.1, 0.15) is 0 Å². The van der Waals surface area contributed by atoms with Crippen LogP contribution in [0, 0.1) is 6.92 Å². The van der Waals surface area contributed by atoms with Crippen LogP contribution >= 0.6 is 11.3 Å². The molecule has 0 saturated heterocycles. The minimum absolute atomic E-state index is 0.811. The summed E-state index contributed by atoms with van der Waals surface area (Å²) in [7, 11) is 0. The molecule has 0 radical (unpaired) electrons. The van der Waals surface area contributed by atoms with E-state index in [1.165, 1.54) is 0 Å². The summed E-state index contributed by atoms with van der Waals surface area (Å²) in [6.45, 7) is 3.89. The first-order valence-electron chi connectivity index (χ1n) is 3.08. The first kappa shape index (κ1) is 7.28. The van der Waals surface area contributed by atoms with Crippen molar-refractivity contribution in [3.63, 3.8) is 0 Å². The lowest BCUT2D eigenvalue weighted by Gasteiger charge is -1.90. The molecule has 0 amide bonds. The molecule has 2 nitrogen and oxygen atoms in total. The molecule has 0 fully saturated rings. The minimum atomic E-state index is 0.811. The van der Waals surface area contributed by atoms with E-state index in [9.17, 15) is 0 Å². The molecular formula is C7H10N2S. The molecule has 0 aliphatic rings. The van der Waals surface area contributed by atoms with E-state index < -0.39 is 0 Å². The van der Waals surface area contributed by atoms with Gasteiger partial charge in [-0.25, -0.2) is 4.98 Å². The van der Waals surface area contributed by atoms with Crippen LogP contribution in [-0.4, -0.2) is 4.98 Å². The van der Waals surface area contributed by atoms with Crippen molar-refractivity contribution >= 4 is 17.0 Å². The SMILES string of the molecule is C/C=C(/N)c1cnc(C)s1. The van der Waals surface area contributed by atoms with Crippen LogP contribution < -0.4 is 5.73 Å². The zero-order chi connectivity index (χ0) is 7.56. The Hall–Kier alpha value is -0.830. The number of aromatic nitrogens is 1. The van der Waals surface area contributed by atoms with E-state index in [1.54, 1.807) is 17.5 Å². The van der Waals surface area contributed by atoms with E-state index >= 15 is 0 Å². The van der Waals surface area contributed by atoms with Gasteiger partial charge in [0, 0.05) is 11.9 Å². The summed E-state index contributed by atoms with van der Waals surface area (Å²) in [5.74, 6) is 0. The number of thiazole rings is 1. The molecule has 1 heterocycles. The largest absolute Gasteiger partial charge is 0.398 e. The summed E-state index contributed by atoms with van der Waals surface area (Å²) < 4.78 is 0. The summed E-state index contributed by atoms with van der Waals surface area (Å²) in [4.78, 5) is 5.14. The molecule has 1 aromatic rings. The number of rotatable bonds is 1. The Bertz CT molecular complexity index is 250. The van der Waals surface area contributed by atoms with Crippen LogP contribution in [0.4, 0.5) is 0 Å². The third-order valence-corrected chi connectivity index (χ3v) is 2.18. The van der Waals surface area contributed by atoms with Gasteiger partial charge in [-0.15, -0.1) is 11.3 Å².